The molecule has 0 radical (unpaired) electrons. The summed E-state index contributed by atoms with van der Waals surface area (Å²) in [5, 5.41) is 8.81. The van der Waals surface area contributed by atoms with E-state index in [1.165, 1.54) is 0 Å². The molecule has 1 aliphatic heterocycles. The van der Waals surface area contributed by atoms with Gasteiger partial charge in [0.15, 0.2) is 6.61 Å². The van der Waals surface area contributed by atoms with Crippen LogP contribution < -0.4 is 14.4 Å². The van der Waals surface area contributed by atoms with Crippen LogP contribution in [0.2, 0.25) is 0 Å². The summed E-state index contributed by atoms with van der Waals surface area (Å²) < 4.78 is 11.6. The lowest BCUT2D eigenvalue weighted by Crippen LogP contribution is -2.47. The van der Waals surface area contributed by atoms with Crippen molar-refractivity contribution in [1.29, 1.82) is 5.26 Å². The molecule has 1 amide bonds. The highest BCUT2D eigenvalue weighted by Gasteiger charge is 2.26. The summed E-state index contributed by atoms with van der Waals surface area (Å²) in [5.41, 5.74) is 1.65. The Hall–Kier alpha value is -3.20. The van der Waals surface area contributed by atoms with E-state index in [9.17, 15) is 4.79 Å². The molecule has 1 atom stereocenters. The molecule has 0 aromatic heterocycles. The number of benzene rings is 2. The quantitative estimate of drug-likeness (QED) is 0.787. The minimum absolute atomic E-state index is 0.0524. The van der Waals surface area contributed by atoms with E-state index in [0.29, 0.717) is 17.9 Å². The highest BCUT2D eigenvalue weighted by molar-refractivity contribution is 5.77. The zero-order valence-electron chi connectivity index (χ0n) is 15.6. The van der Waals surface area contributed by atoms with Crippen molar-refractivity contribution < 1.29 is 14.3 Å². The lowest BCUT2D eigenvalue weighted by Gasteiger charge is -2.37. The topological polar surface area (TPSA) is 65.8 Å². The zero-order chi connectivity index (χ0) is 19.2. The standard InChI is InChI=1S/C21H23N3O3/c1-3-24-14-18(27-20-7-5-4-6-19(20)24)13-23(2)21(25)15-26-17-10-8-16(12-22)9-11-17/h4-11,18H,3,13-15H2,1-2H3/t18-/m1/s1. The Labute approximate surface area is 159 Å². The van der Waals surface area contributed by atoms with Crippen molar-refractivity contribution in [3.63, 3.8) is 0 Å². The van der Waals surface area contributed by atoms with E-state index in [2.05, 4.69) is 17.9 Å². The molecule has 0 bridgehead atoms. The van der Waals surface area contributed by atoms with Crippen LogP contribution in [0.4, 0.5) is 5.69 Å². The molecule has 0 saturated heterocycles. The second kappa shape index (κ2) is 8.45. The molecule has 0 saturated carbocycles. The summed E-state index contributed by atoms with van der Waals surface area (Å²) in [6.07, 6.45) is -0.0938. The molecule has 140 valence electrons. The van der Waals surface area contributed by atoms with Crippen LogP contribution >= 0.6 is 0 Å². The van der Waals surface area contributed by atoms with Gasteiger partial charge in [0.05, 0.1) is 30.4 Å². The minimum atomic E-state index is -0.120. The third kappa shape index (κ3) is 4.50. The number of anilines is 1. The first-order valence-electron chi connectivity index (χ1n) is 8.98. The van der Waals surface area contributed by atoms with Crippen molar-refractivity contribution in [2.24, 2.45) is 0 Å². The number of hydrogen-bond donors (Lipinski definition) is 0. The smallest absolute Gasteiger partial charge is 0.260 e. The Morgan fingerprint density at radius 3 is 2.74 bits per heavy atom. The van der Waals surface area contributed by atoms with Crippen molar-refractivity contribution in [2.75, 3.05) is 38.2 Å². The first-order chi connectivity index (χ1) is 13.1. The van der Waals surface area contributed by atoms with Crippen molar-refractivity contribution in [2.45, 2.75) is 13.0 Å². The number of carbonyl (C=O) groups is 1. The van der Waals surface area contributed by atoms with Gasteiger partial charge in [0.1, 0.15) is 17.6 Å². The number of hydrogen-bond acceptors (Lipinski definition) is 5. The summed E-state index contributed by atoms with van der Waals surface area (Å²) in [6.45, 7) is 4.17. The van der Waals surface area contributed by atoms with E-state index in [0.717, 1.165) is 24.5 Å². The van der Waals surface area contributed by atoms with Crippen LogP contribution in [0.5, 0.6) is 11.5 Å². The molecule has 0 N–H and O–H groups in total. The molecule has 2 aromatic rings. The third-order valence-electron chi connectivity index (χ3n) is 4.55. The molecule has 0 spiro atoms. The number of likely N-dealkylation sites (N-methyl/N-ethyl adjacent to an activating group) is 2. The monoisotopic (exact) mass is 365 g/mol. The first-order valence-corrected chi connectivity index (χ1v) is 8.98. The van der Waals surface area contributed by atoms with Crippen molar-refractivity contribution in [1.82, 2.24) is 4.90 Å². The van der Waals surface area contributed by atoms with Gasteiger partial charge in [-0.05, 0) is 43.3 Å². The van der Waals surface area contributed by atoms with E-state index in [1.807, 2.05) is 24.3 Å². The second-order valence-electron chi connectivity index (χ2n) is 6.45. The average molecular weight is 365 g/mol. The highest BCUT2D eigenvalue weighted by atomic mass is 16.5. The number of fused-ring (bicyclic) bond motifs is 1. The van der Waals surface area contributed by atoms with E-state index < -0.39 is 0 Å². The van der Waals surface area contributed by atoms with Gasteiger partial charge in [-0.25, -0.2) is 0 Å². The predicted octanol–water partition coefficient (Wildman–Crippen LogP) is 2.68. The Balaban J connectivity index is 1.54. The van der Waals surface area contributed by atoms with Gasteiger partial charge < -0.3 is 19.3 Å². The number of rotatable bonds is 6. The molecule has 27 heavy (non-hydrogen) atoms. The summed E-state index contributed by atoms with van der Waals surface area (Å²) in [4.78, 5) is 16.3. The second-order valence-corrected chi connectivity index (χ2v) is 6.45. The van der Waals surface area contributed by atoms with E-state index >= 15 is 0 Å². The summed E-state index contributed by atoms with van der Waals surface area (Å²) in [5.74, 6) is 1.30. The van der Waals surface area contributed by atoms with Gasteiger partial charge in [-0.2, -0.15) is 5.26 Å². The van der Waals surface area contributed by atoms with Crippen LogP contribution in [-0.2, 0) is 4.79 Å². The molecule has 0 aliphatic carbocycles. The summed E-state index contributed by atoms with van der Waals surface area (Å²) in [6, 6.07) is 16.7. The zero-order valence-corrected chi connectivity index (χ0v) is 15.6. The third-order valence-corrected chi connectivity index (χ3v) is 4.55. The molecule has 0 unspecified atom stereocenters. The Morgan fingerprint density at radius 2 is 2.04 bits per heavy atom. The number of carbonyl (C=O) groups excluding carboxylic acids is 1. The SMILES string of the molecule is CCN1C[C@@H](CN(C)C(=O)COc2ccc(C#N)cc2)Oc2ccccc21. The van der Waals surface area contributed by atoms with Gasteiger partial charge in [0.25, 0.3) is 5.91 Å². The maximum atomic E-state index is 12.4. The Morgan fingerprint density at radius 1 is 1.30 bits per heavy atom. The largest absolute Gasteiger partial charge is 0.485 e. The van der Waals surface area contributed by atoms with Gasteiger partial charge in [-0.3, -0.25) is 4.79 Å². The van der Waals surface area contributed by atoms with Crippen LogP contribution in [-0.4, -0.2) is 50.2 Å². The van der Waals surface area contributed by atoms with Gasteiger partial charge in [-0.1, -0.05) is 12.1 Å². The molecule has 6 nitrogen and oxygen atoms in total. The minimum Gasteiger partial charge on any atom is -0.485 e. The van der Waals surface area contributed by atoms with Gasteiger partial charge in [0, 0.05) is 13.6 Å². The van der Waals surface area contributed by atoms with Crippen LogP contribution in [0.15, 0.2) is 48.5 Å². The van der Waals surface area contributed by atoms with E-state index in [4.69, 9.17) is 14.7 Å². The molecule has 3 rings (SSSR count). The lowest BCUT2D eigenvalue weighted by atomic mass is 10.2. The normalized spacial score (nSPS) is 15.3. The van der Waals surface area contributed by atoms with Gasteiger partial charge in [-0.15, -0.1) is 0 Å². The van der Waals surface area contributed by atoms with Crippen LogP contribution in [0.1, 0.15) is 12.5 Å². The number of nitrogens with zero attached hydrogens (tertiary/aromatic N) is 3. The summed E-state index contributed by atoms with van der Waals surface area (Å²) in [7, 11) is 1.75. The molecule has 6 heteroatoms. The fourth-order valence-electron chi connectivity index (χ4n) is 3.06. The highest BCUT2D eigenvalue weighted by Crippen LogP contribution is 2.32. The first kappa shape index (κ1) is 18.6. The van der Waals surface area contributed by atoms with Gasteiger partial charge in [0.2, 0.25) is 0 Å². The predicted molar refractivity (Wildman–Crippen MR) is 103 cm³/mol. The number of ether oxygens (including phenoxy) is 2. The number of para-hydroxylation sites is 2. The Kier molecular flexibility index (Phi) is 5.82. The van der Waals surface area contributed by atoms with Crippen LogP contribution in [0.25, 0.3) is 0 Å². The van der Waals surface area contributed by atoms with Crippen LogP contribution in [0, 0.1) is 11.3 Å². The average Bonchev–Trinajstić information content (AvgIpc) is 2.71. The number of amides is 1. The Bertz CT molecular complexity index is 829. The number of nitriles is 1. The van der Waals surface area contributed by atoms with Crippen molar-refractivity contribution in [3.05, 3.63) is 54.1 Å². The molecular formula is C21H23N3O3. The maximum Gasteiger partial charge on any atom is 0.260 e. The van der Waals surface area contributed by atoms with E-state index in [-0.39, 0.29) is 18.6 Å². The lowest BCUT2D eigenvalue weighted by molar-refractivity contribution is -0.133. The molecule has 0 fully saturated rings. The molecule has 2 aromatic carbocycles. The fourth-order valence-corrected chi connectivity index (χ4v) is 3.06. The summed E-state index contributed by atoms with van der Waals surface area (Å²) >= 11 is 0. The van der Waals surface area contributed by atoms with Crippen molar-refractivity contribution in [3.8, 4) is 17.6 Å². The van der Waals surface area contributed by atoms with Gasteiger partial charge >= 0.3 is 0 Å². The molecular weight excluding hydrogens is 342 g/mol. The van der Waals surface area contributed by atoms with Crippen molar-refractivity contribution >= 4 is 11.6 Å². The van der Waals surface area contributed by atoms with E-state index in [1.54, 1.807) is 36.2 Å². The fraction of sp³-hybridized carbons (Fsp3) is 0.333. The maximum absolute atomic E-state index is 12.4. The molecule has 1 heterocycles. The van der Waals surface area contributed by atoms with Crippen LogP contribution in [0.3, 0.4) is 0 Å². The molecule has 1 aliphatic rings.